The number of aromatic nitrogens is 1. The van der Waals surface area contributed by atoms with Crippen LogP contribution in [0.1, 0.15) is 17.3 Å². The van der Waals surface area contributed by atoms with Gasteiger partial charge in [0.15, 0.2) is 5.78 Å². The molecule has 16 heavy (non-hydrogen) atoms. The van der Waals surface area contributed by atoms with Gasteiger partial charge in [0.2, 0.25) is 0 Å². The second-order valence-electron chi connectivity index (χ2n) is 3.53. The highest BCUT2D eigenvalue weighted by Crippen LogP contribution is 2.20. The summed E-state index contributed by atoms with van der Waals surface area (Å²) >= 11 is 0. The first-order valence-electron chi connectivity index (χ1n) is 4.89. The molecule has 1 heterocycles. The fourth-order valence-corrected chi connectivity index (χ4v) is 1.49. The summed E-state index contributed by atoms with van der Waals surface area (Å²) in [7, 11) is 0. The number of hydrogen-bond donors (Lipinski definition) is 0. The van der Waals surface area contributed by atoms with Gasteiger partial charge in [0, 0.05) is 17.3 Å². The standard InChI is InChI=1S/C13H10FNO/c1-9(16)10-3-2-4-11(5-10)12-6-13(14)8-15-7-12/h2-8H,1H3. The molecule has 2 aromatic rings. The molecular weight excluding hydrogens is 205 g/mol. The van der Waals surface area contributed by atoms with E-state index in [4.69, 9.17) is 0 Å². The minimum Gasteiger partial charge on any atom is -0.295 e. The Hall–Kier alpha value is -2.03. The van der Waals surface area contributed by atoms with Crippen molar-refractivity contribution >= 4 is 5.78 Å². The zero-order valence-corrected chi connectivity index (χ0v) is 8.77. The summed E-state index contributed by atoms with van der Waals surface area (Å²) in [4.78, 5) is 15.0. The van der Waals surface area contributed by atoms with Gasteiger partial charge >= 0.3 is 0 Å². The van der Waals surface area contributed by atoms with Gasteiger partial charge in [0.1, 0.15) is 5.82 Å². The molecule has 2 rings (SSSR count). The van der Waals surface area contributed by atoms with Gasteiger partial charge in [-0.25, -0.2) is 4.39 Å². The van der Waals surface area contributed by atoms with Crippen LogP contribution in [0.15, 0.2) is 42.7 Å². The first-order valence-corrected chi connectivity index (χ1v) is 4.89. The number of halogens is 1. The quantitative estimate of drug-likeness (QED) is 0.720. The van der Waals surface area contributed by atoms with Crippen LogP contribution in [0.5, 0.6) is 0 Å². The minimum absolute atomic E-state index is 0.00814. The van der Waals surface area contributed by atoms with Crippen molar-refractivity contribution in [1.29, 1.82) is 0 Å². The largest absolute Gasteiger partial charge is 0.295 e. The molecule has 0 aliphatic rings. The third-order valence-electron chi connectivity index (χ3n) is 2.31. The molecule has 0 spiro atoms. The van der Waals surface area contributed by atoms with E-state index in [-0.39, 0.29) is 11.6 Å². The molecule has 1 aromatic carbocycles. The van der Waals surface area contributed by atoms with Crippen LogP contribution in [-0.4, -0.2) is 10.8 Å². The number of benzene rings is 1. The van der Waals surface area contributed by atoms with Crippen LogP contribution in [0.4, 0.5) is 4.39 Å². The summed E-state index contributed by atoms with van der Waals surface area (Å²) in [6, 6.07) is 8.46. The van der Waals surface area contributed by atoms with E-state index < -0.39 is 0 Å². The fourth-order valence-electron chi connectivity index (χ4n) is 1.49. The molecule has 0 aliphatic carbocycles. The zero-order chi connectivity index (χ0) is 11.5. The van der Waals surface area contributed by atoms with Crippen molar-refractivity contribution in [2.24, 2.45) is 0 Å². The Balaban J connectivity index is 2.48. The number of ketones is 1. The first-order chi connectivity index (χ1) is 7.66. The van der Waals surface area contributed by atoms with Crippen LogP contribution in [0.2, 0.25) is 0 Å². The lowest BCUT2D eigenvalue weighted by Gasteiger charge is -2.02. The van der Waals surface area contributed by atoms with E-state index in [1.165, 1.54) is 13.0 Å². The molecule has 0 N–H and O–H groups in total. The van der Waals surface area contributed by atoms with Crippen molar-refractivity contribution < 1.29 is 9.18 Å². The number of nitrogens with zero attached hydrogens (tertiary/aromatic N) is 1. The van der Waals surface area contributed by atoms with Crippen molar-refractivity contribution in [1.82, 2.24) is 4.98 Å². The summed E-state index contributed by atoms with van der Waals surface area (Å²) in [6.45, 7) is 1.50. The highest BCUT2D eigenvalue weighted by molar-refractivity contribution is 5.95. The predicted molar refractivity (Wildman–Crippen MR) is 59.6 cm³/mol. The Morgan fingerprint density at radius 2 is 2.00 bits per heavy atom. The topological polar surface area (TPSA) is 30.0 Å². The van der Waals surface area contributed by atoms with E-state index in [1.807, 2.05) is 6.07 Å². The number of rotatable bonds is 2. The van der Waals surface area contributed by atoms with E-state index in [0.29, 0.717) is 11.1 Å². The molecule has 3 heteroatoms. The molecular formula is C13H10FNO. The normalized spacial score (nSPS) is 10.1. The average Bonchev–Trinajstić information content (AvgIpc) is 2.29. The third-order valence-corrected chi connectivity index (χ3v) is 2.31. The molecule has 0 unspecified atom stereocenters. The lowest BCUT2D eigenvalue weighted by Crippen LogP contribution is -1.92. The van der Waals surface area contributed by atoms with Gasteiger partial charge in [0.05, 0.1) is 6.20 Å². The zero-order valence-electron chi connectivity index (χ0n) is 8.77. The Morgan fingerprint density at radius 1 is 1.19 bits per heavy atom. The maximum Gasteiger partial charge on any atom is 0.159 e. The summed E-state index contributed by atoms with van der Waals surface area (Å²) < 4.78 is 13.0. The van der Waals surface area contributed by atoms with Gasteiger partial charge < -0.3 is 0 Å². The van der Waals surface area contributed by atoms with Crippen molar-refractivity contribution in [3.63, 3.8) is 0 Å². The van der Waals surface area contributed by atoms with Gasteiger partial charge in [-0.1, -0.05) is 18.2 Å². The molecule has 0 amide bonds. The second-order valence-corrected chi connectivity index (χ2v) is 3.53. The maximum atomic E-state index is 13.0. The Kier molecular flexibility index (Phi) is 2.77. The lowest BCUT2D eigenvalue weighted by molar-refractivity contribution is 0.101. The van der Waals surface area contributed by atoms with Crippen LogP contribution in [0, 0.1) is 5.82 Å². The van der Waals surface area contributed by atoms with Crippen molar-refractivity contribution in [2.75, 3.05) is 0 Å². The number of carbonyl (C=O) groups excluding carboxylic acids is 1. The average molecular weight is 215 g/mol. The summed E-state index contributed by atoms with van der Waals surface area (Å²) in [5, 5.41) is 0. The predicted octanol–water partition coefficient (Wildman–Crippen LogP) is 3.09. The summed E-state index contributed by atoms with van der Waals surface area (Å²) in [5.74, 6) is -0.392. The van der Waals surface area contributed by atoms with Crippen LogP contribution < -0.4 is 0 Å². The number of carbonyl (C=O) groups is 1. The molecule has 1 aromatic heterocycles. The summed E-state index contributed by atoms with van der Waals surface area (Å²) in [6.07, 6.45) is 2.72. The van der Waals surface area contributed by atoms with Crippen LogP contribution in [0.25, 0.3) is 11.1 Å². The Bertz CT molecular complexity index is 537. The minimum atomic E-state index is -0.384. The molecule has 0 bridgehead atoms. The van der Waals surface area contributed by atoms with E-state index in [0.717, 1.165) is 11.8 Å². The SMILES string of the molecule is CC(=O)c1cccc(-c2cncc(F)c2)c1. The number of hydrogen-bond acceptors (Lipinski definition) is 2. The maximum absolute atomic E-state index is 13.0. The molecule has 0 saturated carbocycles. The molecule has 80 valence electrons. The van der Waals surface area contributed by atoms with Gasteiger partial charge in [-0.2, -0.15) is 0 Å². The number of Topliss-reactive ketones (excluding diaryl/α,β-unsaturated/α-hetero) is 1. The van der Waals surface area contributed by atoms with Gasteiger partial charge in [-0.05, 0) is 24.6 Å². The fraction of sp³-hybridized carbons (Fsp3) is 0.0769. The van der Waals surface area contributed by atoms with E-state index in [9.17, 15) is 9.18 Å². The second kappa shape index (κ2) is 4.23. The smallest absolute Gasteiger partial charge is 0.159 e. The highest BCUT2D eigenvalue weighted by atomic mass is 19.1. The van der Waals surface area contributed by atoms with E-state index >= 15 is 0 Å². The van der Waals surface area contributed by atoms with Gasteiger partial charge in [-0.3, -0.25) is 9.78 Å². The summed E-state index contributed by atoms with van der Waals surface area (Å²) in [5.41, 5.74) is 2.07. The van der Waals surface area contributed by atoms with Crippen LogP contribution in [-0.2, 0) is 0 Å². The Morgan fingerprint density at radius 3 is 2.69 bits per heavy atom. The first kappa shape index (κ1) is 10.5. The van der Waals surface area contributed by atoms with Crippen molar-refractivity contribution in [2.45, 2.75) is 6.92 Å². The van der Waals surface area contributed by atoms with Crippen LogP contribution in [0.3, 0.4) is 0 Å². The van der Waals surface area contributed by atoms with Crippen molar-refractivity contribution in [3.8, 4) is 11.1 Å². The van der Waals surface area contributed by atoms with Gasteiger partial charge in [-0.15, -0.1) is 0 Å². The van der Waals surface area contributed by atoms with Gasteiger partial charge in [0.25, 0.3) is 0 Å². The number of pyridine rings is 1. The van der Waals surface area contributed by atoms with E-state index in [2.05, 4.69) is 4.98 Å². The molecule has 0 radical (unpaired) electrons. The highest BCUT2D eigenvalue weighted by Gasteiger charge is 2.03. The third kappa shape index (κ3) is 2.14. The molecule has 0 aliphatic heterocycles. The molecule has 2 nitrogen and oxygen atoms in total. The van der Waals surface area contributed by atoms with Crippen LogP contribution >= 0.6 is 0 Å². The molecule has 0 fully saturated rings. The monoisotopic (exact) mass is 215 g/mol. The Labute approximate surface area is 92.8 Å². The van der Waals surface area contributed by atoms with E-state index in [1.54, 1.807) is 24.4 Å². The van der Waals surface area contributed by atoms with Crippen molar-refractivity contribution in [3.05, 3.63) is 54.1 Å². The molecule has 0 saturated heterocycles. The molecule has 0 atom stereocenters. The lowest BCUT2D eigenvalue weighted by atomic mass is 10.0.